The molecule has 2 heteroatoms. The fourth-order valence-corrected chi connectivity index (χ4v) is 11.2. The summed E-state index contributed by atoms with van der Waals surface area (Å²) in [5.74, 6) is 0. The van der Waals surface area contributed by atoms with Crippen molar-refractivity contribution in [2.75, 3.05) is 4.90 Å². The summed E-state index contributed by atoms with van der Waals surface area (Å²) in [5, 5.41) is 5.65. The summed E-state index contributed by atoms with van der Waals surface area (Å²) >= 11 is 0. The molecule has 0 bridgehead atoms. The lowest BCUT2D eigenvalue weighted by Gasteiger charge is -2.45. The minimum absolute atomic E-state index is 1.18. The Labute approximate surface area is 225 Å². The van der Waals surface area contributed by atoms with Crippen molar-refractivity contribution in [3.05, 3.63) is 164 Å². The molecule has 1 aliphatic heterocycles. The van der Waals surface area contributed by atoms with Gasteiger partial charge in [0.25, 0.3) is 0 Å². The van der Waals surface area contributed by atoms with E-state index in [-0.39, 0.29) is 0 Å². The van der Waals surface area contributed by atoms with Gasteiger partial charge >= 0.3 is 0 Å². The highest BCUT2D eigenvalue weighted by Gasteiger charge is 2.48. The van der Waals surface area contributed by atoms with E-state index < -0.39 is 8.07 Å². The first-order valence-electron chi connectivity index (χ1n) is 13.1. The van der Waals surface area contributed by atoms with Crippen molar-refractivity contribution < 1.29 is 0 Å². The molecule has 180 valence electrons. The van der Waals surface area contributed by atoms with Gasteiger partial charge in [-0.05, 0) is 56.1 Å². The predicted octanol–water partition coefficient (Wildman–Crippen LogP) is 6.51. The summed E-state index contributed by atoms with van der Waals surface area (Å²) in [5.41, 5.74) is 6.14. The van der Waals surface area contributed by atoms with Crippen molar-refractivity contribution in [1.29, 1.82) is 0 Å². The Kier molecular flexibility index (Phi) is 5.53. The van der Waals surface area contributed by atoms with Gasteiger partial charge in [-0.2, -0.15) is 0 Å². The summed E-state index contributed by atoms with van der Waals surface area (Å²) in [6.45, 7) is 0. The molecule has 0 fully saturated rings. The smallest absolute Gasteiger partial charge is 0.184 e. The lowest BCUT2D eigenvalue weighted by molar-refractivity contribution is 1.29. The maximum absolute atomic E-state index is 2.57. The Bertz CT molecular complexity index is 1620. The zero-order valence-corrected chi connectivity index (χ0v) is 22.0. The van der Waals surface area contributed by atoms with Crippen LogP contribution in [0.15, 0.2) is 164 Å². The van der Waals surface area contributed by atoms with Gasteiger partial charge in [-0.15, -0.1) is 0 Å². The molecule has 0 saturated heterocycles. The van der Waals surface area contributed by atoms with E-state index in [0.717, 1.165) is 0 Å². The first-order chi connectivity index (χ1) is 18.9. The van der Waals surface area contributed by atoms with Crippen molar-refractivity contribution in [2.45, 2.75) is 0 Å². The number of fused-ring (bicyclic) bond motifs is 2. The van der Waals surface area contributed by atoms with Crippen LogP contribution >= 0.6 is 0 Å². The van der Waals surface area contributed by atoms with Crippen LogP contribution in [0.25, 0.3) is 11.1 Å². The first-order valence-corrected chi connectivity index (χ1v) is 15.1. The SMILES string of the molecule is c1ccc(-c2cccc(N3c4ccccc4[Si](c4ccccc4)(c4ccccc4)c4ccccc43)c2)cc1. The Balaban J connectivity index is 1.55. The molecule has 0 N–H and O–H groups in total. The van der Waals surface area contributed by atoms with Gasteiger partial charge in [0.1, 0.15) is 0 Å². The number of hydrogen-bond acceptors (Lipinski definition) is 1. The van der Waals surface area contributed by atoms with Crippen LogP contribution in [0.2, 0.25) is 0 Å². The number of rotatable bonds is 4. The third-order valence-electron chi connectivity index (χ3n) is 7.72. The average molecular weight is 502 g/mol. The van der Waals surface area contributed by atoms with E-state index in [1.807, 2.05) is 0 Å². The van der Waals surface area contributed by atoms with E-state index in [0.29, 0.717) is 0 Å². The summed E-state index contributed by atoms with van der Waals surface area (Å²) in [7, 11) is -2.57. The van der Waals surface area contributed by atoms with Gasteiger partial charge in [0.05, 0.1) is 0 Å². The lowest BCUT2D eigenvalue weighted by atomic mass is 10.0. The second-order valence-electron chi connectivity index (χ2n) is 9.77. The quantitative estimate of drug-likeness (QED) is 0.248. The summed E-state index contributed by atoms with van der Waals surface area (Å²) in [4.78, 5) is 2.47. The first kappa shape index (κ1) is 22.5. The topological polar surface area (TPSA) is 3.24 Å². The van der Waals surface area contributed by atoms with E-state index in [1.165, 1.54) is 48.9 Å². The molecule has 1 heterocycles. The fourth-order valence-electron chi connectivity index (χ4n) is 6.14. The maximum Gasteiger partial charge on any atom is 0.184 e. The van der Waals surface area contributed by atoms with Crippen molar-refractivity contribution in [3.8, 4) is 11.1 Å². The van der Waals surface area contributed by atoms with E-state index in [9.17, 15) is 0 Å². The highest BCUT2D eigenvalue weighted by Crippen LogP contribution is 2.39. The molecule has 0 unspecified atom stereocenters. The third-order valence-corrected chi connectivity index (χ3v) is 12.6. The van der Waals surface area contributed by atoms with Crippen LogP contribution in [0.4, 0.5) is 17.1 Å². The van der Waals surface area contributed by atoms with Crippen LogP contribution in [0.3, 0.4) is 0 Å². The van der Waals surface area contributed by atoms with Crippen molar-refractivity contribution in [1.82, 2.24) is 0 Å². The fraction of sp³-hybridized carbons (Fsp3) is 0. The van der Waals surface area contributed by atoms with E-state index in [4.69, 9.17) is 0 Å². The van der Waals surface area contributed by atoms with Crippen molar-refractivity contribution in [2.24, 2.45) is 0 Å². The predicted molar refractivity (Wildman–Crippen MR) is 164 cm³/mol. The number of hydrogen-bond donors (Lipinski definition) is 0. The van der Waals surface area contributed by atoms with Crippen LogP contribution in [-0.2, 0) is 0 Å². The maximum atomic E-state index is 2.47. The molecular weight excluding hydrogens is 474 g/mol. The molecule has 0 radical (unpaired) electrons. The molecule has 1 nitrogen and oxygen atoms in total. The number of para-hydroxylation sites is 2. The van der Waals surface area contributed by atoms with Gasteiger partial charge < -0.3 is 4.90 Å². The molecule has 0 spiro atoms. The molecule has 0 saturated carbocycles. The molecule has 1 aliphatic rings. The van der Waals surface area contributed by atoms with E-state index in [1.54, 1.807) is 0 Å². The number of nitrogens with zero attached hydrogens (tertiary/aromatic N) is 1. The summed E-state index contributed by atoms with van der Waals surface area (Å²) in [6.07, 6.45) is 0. The van der Waals surface area contributed by atoms with Gasteiger partial charge in [-0.25, -0.2) is 0 Å². The molecule has 0 aromatic heterocycles. The van der Waals surface area contributed by atoms with Crippen LogP contribution in [0, 0.1) is 0 Å². The van der Waals surface area contributed by atoms with Crippen LogP contribution in [0.1, 0.15) is 0 Å². The Hall–Kier alpha value is -4.66. The minimum Gasteiger partial charge on any atom is -0.311 e. The van der Waals surface area contributed by atoms with Crippen molar-refractivity contribution >= 4 is 45.9 Å². The lowest BCUT2D eigenvalue weighted by Crippen LogP contribution is -2.77. The van der Waals surface area contributed by atoms with Gasteiger partial charge in [0.2, 0.25) is 0 Å². The molecule has 7 rings (SSSR count). The monoisotopic (exact) mass is 501 g/mol. The van der Waals surface area contributed by atoms with Crippen LogP contribution in [0.5, 0.6) is 0 Å². The summed E-state index contributed by atoms with van der Waals surface area (Å²) < 4.78 is 0. The van der Waals surface area contributed by atoms with E-state index >= 15 is 0 Å². The van der Waals surface area contributed by atoms with Gasteiger partial charge in [0.15, 0.2) is 8.07 Å². The number of anilines is 3. The highest BCUT2D eigenvalue weighted by atomic mass is 28.3. The van der Waals surface area contributed by atoms with Gasteiger partial charge in [0, 0.05) is 17.1 Å². The third kappa shape index (κ3) is 3.46. The van der Waals surface area contributed by atoms with Crippen LogP contribution < -0.4 is 25.6 Å². The molecule has 0 amide bonds. The second kappa shape index (κ2) is 9.33. The molecule has 0 atom stereocenters. The van der Waals surface area contributed by atoms with Crippen LogP contribution in [-0.4, -0.2) is 8.07 Å². The zero-order valence-electron chi connectivity index (χ0n) is 21.0. The Morgan fingerprint density at radius 1 is 0.368 bits per heavy atom. The van der Waals surface area contributed by atoms with Crippen molar-refractivity contribution in [3.63, 3.8) is 0 Å². The molecule has 0 aliphatic carbocycles. The Morgan fingerprint density at radius 2 is 0.816 bits per heavy atom. The zero-order chi connectivity index (χ0) is 25.4. The molecular formula is C36H27NSi. The standard InChI is InChI=1S/C36H27NSi/c1-4-15-28(16-5-1)29-17-14-18-30(27-29)37-33-23-10-12-25-35(33)38(31-19-6-2-7-20-31,32-21-8-3-9-22-32)36-26-13-11-24-34(36)37/h1-27H. The second-order valence-corrected chi connectivity index (χ2v) is 13.5. The summed E-state index contributed by atoms with van der Waals surface area (Å²) in [6, 6.07) is 60.0. The average Bonchev–Trinajstić information content (AvgIpc) is 3.01. The van der Waals surface area contributed by atoms with E-state index in [2.05, 4.69) is 169 Å². The molecule has 6 aromatic rings. The molecule has 6 aromatic carbocycles. The largest absolute Gasteiger partial charge is 0.311 e. The molecule has 38 heavy (non-hydrogen) atoms. The normalized spacial score (nSPS) is 13.4. The number of benzene rings is 6. The highest BCUT2D eigenvalue weighted by molar-refractivity contribution is 7.21. The minimum atomic E-state index is -2.57. The van der Waals surface area contributed by atoms with Gasteiger partial charge in [-0.3, -0.25) is 0 Å². The van der Waals surface area contributed by atoms with Gasteiger partial charge in [-0.1, -0.05) is 140 Å². The Morgan fingerprint density at radius 3 is 1.37 bits per heavy atom.